The smallest absolute Gasteiger partial charge is 0.288 e. The third-order valence-electron chi connectivity index (χ3n) is 4.13. The van der Waals surface area contributed by atoms with E-state index in [0.29, 0.717) is 22.7 Å². The van der Waals surface area contributed by atoms with Gasteiger partial charge in [0.25, 0.3) is 10.0 Å². The maximum Gasteiger partial charge on any atom is 0.288 e. The first kappa shape index (κ1) is 18.9. The summed E-state index contributed by atoms with van der Waals surface area (Å²) in [6, 6.07) is 14.4. The lowest BCUT2D eigenvalue weighted by atomic mass is 10.2. The highest BCUT2D eigenvalue weighted by Crippen LogP contribution is 2.30. The van der Waals surface area contributed by atoms with E-state index in [4.69, 9.17) is 4.74 Å². The van der Waals surface area contributed by atoms with Gasteiger partial charge in [-0.1, -0.05) is 46.3 Å². The SMILES string of the molecule is CCOc1ccc(Br)cc1S(=O)(=O)N=C(c1ccccc1)N1CCCC1. The molecule has 0 aliphatic carbocycles. The number of ether oxygens (including phenoxy) is 1. The number of hydrogen-bond donors (Lipinski definition) is 0. The first-order valence-corrected chi connectivity index (χ1v) is 10.8. The maximum absolute atomic E-state index is 13.1. The first-order chi connectivity index (χ1) is 12.5. The first-order valence-electron chi connectivity index (χ1n) is 8.59. The molecule has 3 rings (SSSR count). The molecule has 138 valence electrons. The number of hydrogen-bond acceptors (Lipinski definition) is 3. The Bertz CT molecular complexity index is 892. The molecule has 1 aliphatic heterocycles. The van der Waals surface area contributed by atoms with Gasteiger partial charge in [-0.2, -0.15) is 8.42 Å². The second kappa shape index (κ2) is 8.22. The molecule has 0 amide bonds. The largest absolute Gasteiger partial charge is 0.492 e. The van der Waals surface area contributed by atoms with Gasteiger partial charge in [-0.05, 0) is 38.0 Å². The Balaban J connectivity index is 2.10. The van der Waals surface area contributed by atoms with E-state index in [0.717, 1.165) is 31.5 Å². The molecular formula is C19H21BrN2O3S. The highest BCUT2D eigenvalue weighted by Gasteiger charge is 2.25. The number of sulfonamides is 1. The third-order valence-corrected chi connectivity index (χ3v) is 5.91. The molecule has 0 unspecified atom stereocenters. The average molecular weight is 437 g/mol. The second-order valence-corrected chi connectivity index (χ2v) is 8.46. The number of benzene rings is 2. The maximum atomic E-state index is 13.1. The topological polar surface area (TPSA) is 59.0 Å². The molecule has 0 radical (unpaired) electrons. The van der Waals surface area contributed by atoms with Gasteiger partial charge in [0.2, 0.25) is 0 Å². The van der Waals surface area contributed by atoms with Crippen molar-refractivity contribution >= 4 is 31.8 Å². The lowest BCUT2D eigenvalue weighted by molar-refractivity contribution is 0.331. The Kier molecular flexibility index (Phi) is 5.98. The van der Waals surface area contributed by atoms with Crippen LogP contribution in [0.5, 0.6) is 5.75 Å². The van der Waals surface area contributed by atoms with Crippen LogP contribution in [0.1, 0.15) is 25.3 Å². The van der Waals surface area contributed by atoms with Crippen molar-refractivity contribution in [3.05, 3.63) is 58.6 Å². The monoisotopic (exact) mass is 436 g/mol. The predicted octanol–water partition coefficient (Wildman–Crippen LogP) is 4.08. The number of likely N-dealkylation sites (tertiary alicyclic amines) is 1. The van der Waals surface area contributed by atoms with Crippen molar-refractivity contribution in [3.8, 4) is 5.75 Å². The van der Waals surface area contributed by atoms with E-state index in [-0.39, 0.29) is 4.90 Å². The van der Waals surface area contributed by atoms with Crippen LogP contribution < -0.4 is 4.74 Å². The van der Waals surface area contributed by atoms with Gasteiger partial charge >= 0.3 is 0 Å². The van der Waals surface area contributed by atoms with Crippen LogP contribution in [0.3, 0.4) is 0 Å². The summed E-state index contributed by atoms with van der Waals surface area (Å²) in [5.41, 5.74) is 0.797. The molecule has 0 spiro atoms. The summed E-state index contributed by atoms with van der Waals surface area (Å²) in [4.78, 5) is 2.10. The van der Waals surface area contributed by atoms with Gasteiger partial charge in [-0.3, -0.25) is 0 Å². The fourth-order valence-corrected chi connectivity index (χ4v) is 4.65. The van der Waals surface area contributed by atoms with Crippen LogP contribution in [0.15, 0.2) is 62.3 Å². The number of rotatable bonds is 5. The molecule has 2 aromatic carbocycles. The summed E-state index contributed by atoms with van der Waals surface area (Å²) in [6.07, 6.45) is 2.07. The Labute approximate surface area is 162 Å². The minimum atomic E-state index is -3.93. The Morgan fingerprint density at radius 3 is 2.50 bits per heavy atom. The van der Waals surface area contributed by atoms with Crippen molar-refractivity contribution in [2.24, 2.45) is 4.40 Å². The van der Waals surface area contributed by atoms with Crippen LogP contribution in [0, 0.1) is 0 Å². The number of amidine groups is 1. The summed E-state index contributed by atoms with van der Waals surface area (Å²) in [7, 11) is -3.93. The molecule has 1 heterocycles. The predicted molar refractivity (Wildman–Crippen MR) is 106 cm³/mol. The Hall–Kier alpha value is -1.86. The average Bonchev–Trinajstić information content (AvgIpc) is 3.16. The molecule has 0 atom stereocenters. The van der Waals surface area contributed by atoms with Crippen LogP contribution in [0.25, 0.3) is 0 Å². The molecule has 1 aliphatic rings. The summed E-state index contributed by atoms with van der Waals surface area (Å²) in [6.45, 7) is 3.81. The van der Waals surface area contributed by atoms with Gasteiger partial charge in [-0.25, -0.2) is 0 Å². The second-order valence-electron chi connectivity index (χ2n) is 5.97. The molecule has 1 saturated heterocycles. The molecular weight excluding hydrogens is 416 g/mol. The zero-order chi connectivity index (χ0) is 18.6. The van der Waals surface area contributed by atoms with Crippen molar-refractivity contribution < 1.29 is 13.2 Å². The van der Waals surface area contributed by atoms with Crippen molar-refractivity contribution in [1.29, 1.82) is 0 Å². The molecule has 7 heteroatoms. The summed E-state index contributed by atoms with van der Waals surface area (Å²) in [5.74, 6) is 0.804. The van der Waals surface area contributed by atoms with Crippen molar-refractivity contribution in [3.63, 3.8) is 0 Å². The number of nitrogens with zero attached hydrogens (tertiary/aromatic N) is 2. The summed E-state index contributed by atoms with van der Waals surface area (Å²) >= 11 is 3.34. The normalized spacial score (nSPS) is 15.3. The molecule has 0 saturated carbocycles. The molecule has 0 bridgehead atoms. The van der Waals surface area contributed by atoms with Gasteiger partial charge in [0.1, 0.15) is 16.5 Å². The van der Waals surface area contributed by atoms with Crippen LogP contribution in [-0.2, 0) is 10.0 Å². The van der Waals surface area contributed by atoms with E-state index in [1.165, 1.54) is 6.07 Å². The van der Waals surface area contributed by atoms with Crippen LogP contribution in [0.2, 0.25) is 0 Å². The fraction of sp³-hybridized carbons (Fsp3) is 0.316. The molecule has 0 aromatic heterocycles. The lowest BCUT2D eigenvalue weighted by Gasteiger charge is -2.20. The molecule has 1 fully saturated rings. The third kappa shape index (κ3) is 4.27. The van der Waals surface area contributed by atoms with E-state index < -0.39 is 10.0 Å². The molecule has 2 aromatic rings. The zero-order valence-corrected chi connectivity index (χ0v) is 17.0. The van der Waals surface area contributed by atoms with Gasteiger partial charge in [0, 0.05) is 23.1 Å². The highest BCUT2D eigenvalue weighted by molar-refractivity contribution is 9.10. The summed E-state index contributed by atoms with van der Waals surface area (Å²) in [5, 5.41) is 0. The van der Waals surface area contributed by atoms with E-state index >= 15 is 0 Å². The van der Waals surface area contributed by atoms with E-state index in [2.05, 4.69) is 20.3 Å². The minimum Gasteiger partial charge on any atom is -0.492 e. The fourth-order valence-electron chi connectivity index (χ4n) is 2.93. The van der Waals surface area contributed by atoms with Crippen molar-refractivity contribution in [2.45, 2.75) is 24.7 Å². The van der Waals surface area contributed by atoms with Gasteiger partial charge in [0.15, 0.2) is 0 Å². The van der Waals surface area contributed by atoms with E-state index in [1.807, 2.05) is 42.2 Å². The van der Waals surface area contributed by atoms with Crippen LogP contribution in [-0.4, -0.2) is 38.8 Å². The number of halogens is 1. The van der Waals surface area contributed by atoms with Crippen LogP contribution in [0.4, 0.5) is 0 Å². The minimum absolute atomic E-state index is 0.0707. The van der Waals surface area contributed by atoms with Gasteiger partial charge in [0.05, 0.1) is 6.61 Å². The van der Waals surface area contributed by atoms with E-state index in [1.54, 1.807) is 12.1 Å². The summed E-state index contributed by atoms with van der Waals surface area (Å²) < 4.78 is 36.6. The molecule has 0 N–H and O–H groups in total. The van der Waals surface area contributed by atoms with Crippen molar-refractivity contribution in [2.75, 3.05) is 19.7 Å². The highest BCUT2D eigenvalue weighted by atomic mass is 79.9. The molecule has 5 nitrogen and oxygen atoms in total. The van der Waals surface area contributed by atoms with Crippen molar-refractivity contribution in [1.82, 2.24) is 4.90 Å². The zero-order valence-electron chi connectivity index (χ0n) is 14.6. The van der Waals surface area contributed by atoms with Gasteiger partial charge in [-0.15, -0.1) is 4.40 Å². The van der Waals surface area contributed by atoms with E-state index in [9.17, 15) is 8.42 Å². The molecule has 26 heavy (non-hydrogen) atoms. The Morgan fingerprint density at radius 2 is 1.85 bits per heavy atom. The van der Waals surface area contributed by atoms with Gasteiger partial charge < -0.3 is 9.64 Å². The Morgan fingerprint density at radius 1 is 1.15 bits per heavy atom. The quantitative estimate of drug-likeness (QED) is 0.523. The lowest BCUT2D eigenvalue weighted by Crippen LogP contribution is -2.29. The standard InChI is InChI=1S/C19H21BrN2O3S/c1-2-25-17-11-10-16(20)14-18(17)26(23,24)21-19(22-12-6-7-13-22)15-8-4-3-5-9-15/h3-5,8-11,14H,2,6-7,12-13H2,1H3. The van der Waals surface area contributed by atoms with Crippen LogP contribution >= 0.6 is 15.9 Å².